The number of carbonyl (C=O) groups is 1. The molecule has 1 unspecified atom stereocenters. The van der Waals surface area contributed by atoms with Crippen LogP contribution in [0.25, 0.3) is 0 Å². The second kappa shape index (κ2) is 18.7. The molecule has 0 bridgehead atoms. The Bertz CT molecular complexity index is 450. The Balaban J connectivity index is 3.71. The smallest absolute Gasteiger partial charge is 0.322 e. The molecule has 0 heterocycles. The molecule has 0 rings (SSSR count). The third kappa shape index (κ3) is 20.5. The van der Waals surface area contributed by atoms with Crippen molar-refractivity contribution in [2.75, 3.05) is 0 Å². The van der Waals surface area contributed by atoms with Crippen molar-refractivity contribution >= 4 is 24.5 Å². The Morgan fingerprint density at radius 2 is 1.46 bits per heavy atom. The topological polar surface area (TPSA) is 76.0 Å². The van der Waals surface area contributed by atoms with Gasteiger partial charge >= 0.3 is 12.7 Å². The molecule has 0 aliphatic rings. The first kappa shape index (κ1) is 27.7. The fourth-order valence-electron chi connectivity index (χ4n) is 3.27. The van der Waals surface area contributed by atoms with E-state index in [4.69, 9.17) is 9.79 Å². The molecule has 0 fully saturated rings. The molecule has 0 aromatic rings. The lowest BCUT2D eigenvalue weighted by Crippen LogP contribution is -2.12. The Morgan fingerprint density at radius 3 is 2.04 bits per heavy atom. The number of hydrogen-bond donors (Lipinski definition) is 2. The van der Waals surface area contributed by atoms with E-state index in [9.17, 15) is 4.79 Å². The second-order valence-corrected chi connectivity index (χ2v) is 10.1. The molecule has 1 atom stereocenters. The van der Waals surface area contributed by atoms with Crippen molar-refractivity contribution in [1.29, 1.82) is 0 Å². The van der Waals surface area contributed by atoms with Crippen molar-refractivity contribution in [3.63, 3.8) is 0 Å². The van der Waals surface area contributed by atoms with Crippen LogP contribution >= 0.6 is 6.72 Å². The predicted molar refractivity (Wildman–Crippen MR) is 119 cm³/mol. The van der Waals surface area contributed by atoms with Crippen LogP contribution in [0, 0.1) is 5.92 Å². The summed E-state index contributed by atoms with van der Waals surface area (Å²) in [5.41, 5.74) is 0. The van der Waals surface area contributed by atoms with Crippen LogP contribution in [0.3, 0.4) is 0 Å². The molecule has 0 saturated carbocycles. The first-order chi connectivity index (χ1) is 13.4. The van der Waals surface area contributed by atoms with Crippen LogP contribution in [0.5, 0.6) is 0 Å². The van der Waals surface area contributed by atoms with E-state index in [2.05, 4.69) is 47.4 Å². The average Bonchev–Trinajstić information content (AvgIpc) is 2.63. The zero-order valence-corrected chi connectivity index (χ0v) is 19.5. The second-order valence-electron chi connectivity index (χ2n) is 7.55. The molecule has 0 aromatic carbocycles. The number of allylic oxidation sites excluding steroid dienone is 2. The van der Waals surface area contributed by atoms with Crippen LogP contribution in [0.2, 0.25) is 0 Å². The van der Waals surface area contributed by atoms with Gasteiger partial charge in [-0.25, -0.2) is 4.79 Å². The van der Waals surface area contributed by atoms with Gasteiger partial charge in [-0.3, -0.25) is 4.89 Å². The summed E-state index contributed by atoms with van der Waals surface area (Å²) in [5, 5.41) is 0. The highest BCUT2D eigenvalue weighted by Crippen LogP contribution is 2.36. The molecule has 0 amide bonds. The number of carbonyl (C=O) groups excluding carboxylic acids is 1. The maximum Gasteiger partial charge on any atom is 0.362 e. The van der Waals surface area contributed by atoms with Gasteiger partial charge in [-0.15, -0.1) is 0 Å². The molecule has 28 heavy (non-hydrogen) atoms. The lowest BCUT2D eigenvalue weighted by molar-refractivity contribution is -0.219. The third-order valence-corrected chi connectivity index (χ3v) is 5.21. The van der Waals surface area contributed by atoms with Gasteiger partial charge in [-0.2, -0.15) is 0 Å². The molecule has 5 nitrogen and oxygen atoms in total. The van der Waals surface area contributed by atoms with Crippen molar-refractivity contribution in [1.82, 2.24) is 0 Å². The normalized spacial score (nSPS) is 13.1. The van der Waals surface area contributed by atoms with Crippen molar-refractivity contribution < 1.29 is 24.1 Å². The van der Waals surface area contributed by atoms with Crippen molar-refractivity contribution in [3.05, 3.63) is 12.2 Å². The molecule has 0 aromatic heterocycles. The van der Waals surface area contributed by atoms with Crippen LogP contribution in [0.4, 0.5) is 0 Å². The van der Waals surface area contributed by atoms with Gasteiger partial charge in [0.1, 0.15) is 0 Å². The SMILES string of the molecule is CCCCCCCCC=CCCCCCC(CCC)CC(=O)OOP(O)(O)=S. The van der Waals surface area contributed by atoms with Crippen molar-refractivity contribution in [2.24, 2.45) is 5.92 Å². The molecule has 0 spiro atoms. The van der Waals surface area contributed by atoms with Crippen LogP contribution in [-0.2, 0) is 26.2 Å². The molecule has 166 valence electrons. The molecular formula is C21H41O5PS. The quantitative estimate of drug-likeness (QED) is 0.0768. The van der Waals surface area contributed by atoms with Crippen LogP contribution in [0.1, 0.15) is 110 Å². The van der Waals surface area contributed by atoms with E-state index < -0.39 is 12.7 Å². The molecule has 0 aliphatic carbocycles. The van der Waals surface area contributed by atoms with E-state index >= 15 is 0 Å². The summed E-state index contributed by atoms with van der Waals surface area (Å²) < 4.78 is 4.17. The van der Waals surface area contributed by atoms with Crippen LogP contribution < -0.4 is 0 Å². The van der Waals surface area contributed by atoms with Crippen molar-refractivity contribution in [3.8, 4) is 0 Å². The van der Waals surface area contributed by atoms with E-state index in [0.717, 1.165) is 38.5 Å². The minimum absolute atomic E-state index is 0.224. The minimum Gasteiger partial charge on any atom is -0.322 e. The van der Waals surface area contributed by atoms with Gasteiger partial charge in [0.15, 0.2) is 0 Å². The average molecular weight is 437 g/mol. The maximum atomic E-state index is 11.7. The monoisotopic (exact) mass is 436 g/mol. The number of rotatable bonds is 19. The van der Waals surface area contributed by atoms with Gasteiger partial charge in [0.05, 0.1) is 6.42 Å². The van der Waals surface area contributed by atoms with E-state index in [1.165, 1.54) is 51.4 Å². The zero-order valence-electron chi connectivity index (χ0n) is 17.8. The fourth-order valence-corrected chi connectivity index (χ4v) is 3.54. The first-order valence-electron chi connectivity index (χ1n) is 11.0. The number of unbranched alkanes of at least 4 members (excludes halogenated alkanes) is 9. The van der Waals surface area contributed by atoms with Gasteiger partial charge in [0, 0.05) is 0 Å². The molecular weight excluding hydrogens is 395 g/mol. The summed E-state index contributed by atoms with van der Waals surface area (Å²) >= 11 is 4.25. The van der Waals surface area contributed by atoms with Gasteiger partial charge in [-0.05, 0) is 49.8 Å². The summed E-state index contributed by atoms with van der Waals surface area (Å²) in [7, 11) is 0. The predicted octanol–water partition coefficient (Wildman–Crippen LogP) is 6.73. The van der Waals surface area contributed by atoms with E-state index in [1.807, 2.05) is 0 Å². The minimum atomic E-state index is -3.95. The molecule has 7 heteroatoms. The summed E-state index contributed by atoms with van der Waals surface area (Å²) in [6.45, 7) is 0.391. The molecule has 0 aliphatic heterocycles. The van der Waals surface area contributed by atoms with Gasteiger partial charge in [0.2, 0.25) is 0 Å². The van der Waals surface area contributed by atoms with E-state index in [-0.39, 0.29) is 12.3 Å². The summed E-state index contributed by atoms with van der Waals surface area (Å²) in [4.78, 5) is 33.9. The zero-order chi connectivity index (χ0) is 21.1. The molecule has 0 saturated heterocycles. The maximum absolute atomic E-state index is 11.7. The highest BCUT2D eigenvalue weighted by Gasteiger charge is 2.18. The summed E-state index contributed by atoms with van der Waals surface area (Å²) in [6, 6.07) is 0. The molecule has 0 radical (unpaired) electrons. The van der Waals surface area contributed by atoms with Crippen molar-refractivity contribution in [2.45, 2.75) is 110 Å². The Kier molecular flexibility index (Phi) is 18.6. The van der Waals surface area contributed by atoms with Crippen LogP contribution in [-0.4, -0.2) is 15.8 Å². The summed E-state index contributed by atoms with van der Waals surface area (Å²) in [6.07, 6.45) is 21.6. The Labute approximate surface area is 177 Å². The Hall–Kier alpha value is -0.260. The first-order valence-corrected chi connectivity index (χ1v) is 13.6. The third-order valence-electron chi connectivity index (χ3n) is 4.75. The lowest BCUT2D eigenvalue weighted by Gasteiger charge is -2.15. The largest absolute Gasteiger partial charge is 0.362 e. The van der Waals surface area contributed by atoms with E-state index in [0.29, 0.717) is 0 Å². The van der Waals surface area contributed by atoms with Gasteiger partial charge in [-0.1, -0.05) is 88.5 Å². The standard InChI is InChI=1S/C21H41O5PS/c1-3-5-6-7-8-9-10-11-12-13-14-15-16-18-20(17-4-2)19-21(22)25-26-27(23,24)28/h11-12,20H,3-10,13-19H2,1-2H3,(H2,23,24,28). The number of hydrogen-bond acceptors (Lipinski definition) is 4. The van der Waals surface area contributed by atoms with E-state index in [1.54, 1.807) is 0 Å². The lowest BCUT2D eigenvalue weighted by atomic mass is 9.93. The van der Waals surface area contributed by atoms with Gasteiger partial charge < -0.3 is 9.79 Å². The summed E-state index contributed by atoms with van der Waals surface area (Å²) in [5.74, 6) is -0.354. The fraction of sp³-hybridized carbons (Fsp3) is 0.857. The highest BCUT2D eigenvalue weighted by molar-refractivity contribution is 8.06. The van der Waals surface area contributed by atoms with Gasteiger partial charge in [0.25, 0.3) is 0 Å². The van der Waals surface area contributed by atoms with Crippen LogP contribution in [0.15, 0.2) is 12.2 Å². The highest BCUT2D eigenvalue weighted by atomic mass is 32.5. The Morgan fingerprint density at radius 1 is 0.893 bits per heavy atom. The molecule has 2 N–H and O–H groups in total.